The van der Waals surface area contributed by atoms with Crippen LogP contribution in [-0.4, -0.2) is 29.7 Å². The van der Waals surface area contributed by atoms with Crippen molar-refractivity contribution in [3.05, 3.63) is 131 Å². The number of hydrazine groups is 1. The third kappa shape index (κ3) is 7.34. The van der Waals surface area contributed by atoms with Crippen molar-refractivity contribution in [1.82, 2.24) is 10.5 Å². The minimum absolute atomic E-state index is 0.0619. The molecule has 6 nitrogen and oxygen atoms in total. The van der Waals surface area contributed by atoms with Crippen LogP contribution < -0.4 is 26.5 Å². The summed E-state index contributed by atoms with van der Waals surface area (Å²) in [5.41, 5.74) is -0.0942. The van der Waals surface area contributed by atoms with Crippen molar-refractivity contribution in [2.75, 3.05) is 13.1 Å². The van der Waals surface area contributed by atoms with Crippen LogP contribution in [0.5, 0.6) is 0 Å². The molecule has 0 radical (unpaired) electrons. The smallest absolute Gasteiger partial charge is 0.416 e. The van der Waals surface area contributed by atoms with E-state index in [0.717, 1.165) is 10.6 Å². The van der Waals surface area contributed by atoms with Crippen LogP contribution in [0.3, 0.4) is 0 Å². The number of nitrogens with zero attached hydrogens (tertiary/aromatic N) is 2. The van der Waals surface area contributed by atoms with Gasteiger partial charge >= 0.3 is 18.3 Å². The third-order valence-corrected chi connectivity index (χ3v) is 9.28. The molecule has 1 amide bonds. The maximum Gasteiger partial charge on any atom is 0.416 e. The van der Waals surface area contributed by atoms with E-state index in [2.05, 4.69) is 10.6 Å². The highest BCUT2D eigenvalue weighted by molar-refractivity contribution is 7.80. The van der Waals surface area contributed by atoms with Gasteiger partial charge in [0.25, 0.3) is 0 Å². The number of hydrogen-bond donors (Lipinski definition) is 2. The number of carbonyl (C=O) groups is 1. The SMILES string of the molecule is O=C(c1ccccc1P(c1ccccc1)c1ccccc1)[NH+]([O-])CC1=NNN(Cc2cc(C(F)(F)F)cc(C(F)(F)F)c2)C1. The van der Waals surface area contributed by atoms with Gasteiger partial charge in [-0.25, -0.2) is 10.3 Å². The Morgan fingerprint density at radius 3 is 1.89 bits per heavy atom. The van der Waals surface area contributed by atoms with Crippen LogP contribution in [0.1, 0.15) is 27.0 Å². The molecule has 1 aliphatic rings. The predicted molar refractivity (Wildman–Crippen MR) is 156 cm³/mol. The molecule has 0 fully saturated rings. The number of alkyl halides is 6. The van der Waals surface area contributed by atoms with Crippen LogP contribution >= 0.6 is 7.92 Å². The zero-order valence-electron chi connectivity index (χ0n) is 22.9. The number of amides is 1. The lowest BCUT2D eigenvalue weighted by molar-refractivity contribution is -0.746. The van der Waals surface area contributed by atoms with Crippen LogP contribution in [0.25, 0.3) is 0 Å². The van der Waals surface area contributed by atoms with E-state index in [1.807, 2.05) is 66.7 Å². The summed E-state index contributed by atoms with van der Waals surface area (Å²) in [5.74, 6) is -0.714. The van der Waals surface area contributed by atoms with Crippen molar-refractivity contribution in [2.24, 2.45) is 5.10 Å². The minimum Gasteiger partial charge on any atom is -0.626 e. The highest BCUT2D eigenvalue weighted by Gasteiger charge is 2.37. The molecule has 0 spiro atoms. The Morgan fingerprint density at radius 2 is 1.34 bits per heavy atom. The van der Waals surface area contributed by atoms with Crippen LogP contribution in [0.4, 0.5) is 26.3 Å². The van der Waals surface area contributed by atoms with Crippen LogP contribution in [0.15, 0.2) is 108 Å². The maximum atomic E-state index is 13.5. The third-order valence-electron chi connectivity index (χ3n) is 6.78. The number of hydrazone groups is 1. The highest BCUT2D eigenvalue weighted by atomic mass is 31.1. The van der Waals surface area contributed by atoms with E-state index in [1.54, 1.807) is 18.2 Å². The zero-order valence-corrected chi connectivity index (χ0v) is 23.8. The first kappa shape index (κ1) is 31.3. The molecule has 0 saturated carbocycles. The molecule has 0 saturated heterocycles. The van der Waals surface area contributed by atoms with Gasteiger partial charge in [0.05, 0.1) is 23.2 Å². The summed E-state index contributed by atoms with van der Waals surface area (Å²) in [6, 6.07) is 27.5. The van der Waals surface area contributed by atoms with E-state index in [1.165, 1.54) is 5.01 Å². The second kappa shape index (κ2) is 12.9. The van der Waals surface area contributed by atoms with Gasteiger partial charge in [0, 0.05) is 11.8 Å². The van der Waals surface area contributed by atoms with Crippen LogP contribution in [0, 0.1) is 5.21 Å². The Balaban J connectivity index is 1.32. The summed E-state index contributed by atoms with van der Waals surface area (Å²) < 4.78 is 79.5. The second-order valence-electron chi connectivity index (χ2n) is 10.0. The average molecular weight is 631 g/mol. The van der Waals surface area contributed by atoms with Gasteiger partial charge in [0.2, 0.25) is 0 Å². The fraction of sp³-hybridized carbons (Fsp3) is 0.161. The van der Waals surface area contributed by atoms with Crippen molar-refractivity contribution in [3.63, 3.8) is 0 Å². The summed E-state index contributed by atoms with van der Waals surface area (Å²) in [5, 5.41) is 20.4. The molecule has 13 heteroatoms. The number of benzene rings is 4. The first-order valence-electron chi connectivity index (χ1n) is 13.3. The fourth-order valence-corrected chi connectivity index (χ4v) is 7.26. The lowest BCUT2D eigenvalue weighted by Crippen LogP contribution is -3.11. The van der Waals surface area contributed by atoms with Gasteiger partial charge in [0.1, 0.15) is 12.3 Å². The van der Waals surface area contributed by atoms with Crippen molar-refractivity contribution in [2.45, 2.75) is 18.9 Å². The number of hydrogen-bond acceptors (Lipinski definition) is 5. The molecule has 5 rings (SSSR count). The molecule has 1 heterocycles. The Morgan fingerprint density at radius 1 is 0.818 bits per heavy atom. The lowest BCUT2D eigenvalue weighted by atomic mass is 10.0. The number of nitrogens with one attached hydrogen (secondary N) is 2. The molecule has 1 atom stereocenters. The van der Waals surface area contributed by atoms with E-state index < -0.39 is 42.4 Å². The summed E-state index contributed by atoms with van der Waals surface area (Å²) in [6.45, 7) is -0.815. The molecule has 44 heavy (non-hydrogen) atoms. The van der Waals surface area contributed by atoms with Crippen LogP contribution in [-0.2, 0) is 18.9 Å². The molecule has 2 N–H and O–H groups in total. The van der Waals surface area contributed by atoms with Gasteiger partial charge in [-0.15, -0.1) is 0 Å². The lowest BCUT2D eigenvalue weighted by Gasteiger charge is -2.24. The van der Waals surface area contributed by atoms with Gasteiger partial charge in [-0.1, -0.05) is 78.9 Å². The van der Waals surface area contributed by atoms with Gasteiger partial charge in [-0.2, -0.15) is 36.5 Å². The fourth-order valence-electron chi connectivity index (χ4n) is 4.81. The van der Waals surface area contributed by atoms with E-state index in [0.29, 0.717) is 17.4 Å². The molecule has 1 unspecified atom stereocenters. The summed E-state index contributed by atoms with van der Waals surface area (Å²) in [4.78, 5) is 13.5. The van der Waals surface area contributed by atoms with Crippen molar-refractivity contribution in [3.8, 4) is 0 Å². The number of rotatable bonds is 8. The highest BCUT2D eigenvalue weighted by Crippen LogP contribution is 2.37. The van der Waals surface area contributed by atoms with E-state index >= 15 is 0 Å². The molecule has 1 aliphatic heterocycles. The van der Waals surface area contributed by atoms with Gasteiger partial charge in [-0.3, -0.25) is 0 Å². The first-order chi connectivity index (χ1) is 20.9. The van der Waals surface area contributed by atoms with E-state index in [-0.39, 0.29) is 42.5 Å². The van der Waals surface area contributed by atoms with E-state index in [4.69, 9.17) is 0 Å². The van der Waals surface area contributed by atoms with Crippen molar-refractivity contribution >= 4 is 35.5 Å². The molecular weight excluding hydrogens is 605 g/mol. The number of halogens is 6. The molecule has 4 aromatic rings. The Labute approximate surface area is 249 Å². The number of hydroxylamine groups is 2. The summed E-state index contributed by atoms with van der Waals surface area (Å²) >= 11 is 0. The quantitative estimate of drug-likeness (QED) is 0.172. The topological polar surface area (TPSA) is 72.2 Å². The predicted octanol–water partition coefficient (Wildman–Crippen LogP) is 4.38. The van der Waals surface area contributed by atoms with E-state index in [9.17, 15) is 36.3 Å². The number of quaternary nitrogens is 1. The summed E-state index contributed by atoms with van der Waals surface area (Å²) in [6.07, 6.45) is -9.94. The maximum absolute atomic E-state index is 13.5. The molecule has 0 bridgehead atoms. The van der Waals surface area contributed by atoms with Gasteiger partial charge in [-0.05, 0) is 48.4 Å². The largest absolute Gasteiger partial charge is 0.626 e. The Hall–Kier alpha value is -4.09. The van der Waals surface area contributed by atoms with Gasteiger partial charge < -0.3 is 10.3 Å². The minimum atomic E-state index is -4.97. The molecule has 0 aliphatic carbocycles. The first-order valence-corrected chi connectivity index (χ1v) is 14.7. The van der Waals surface area contributed by atoms with Crippen molar-refractivity contribution < 1.29 is 36.2 Å². The van der Waals surface area contributed by atoms with Crippen LogP contribution in [0.2, 0.25) is 0 Å². The van der Waals surface area contributed by atoms with Crippen molar-refractivity contribution in [1.29, 1.82) is 0 Å². The van der Waals surface area contributed by atoms with Gasteiger partial charge in [0.15, 0.2) is 0 Å². The standard InChI is InChI=1S/C31H25F6N4O2P/c32-30(33,34)22-15-21(16-23(17-22)31(35,36)37)18-40-19-24(38-39-40)20-41(43)29(42)27-13-7-8-14-28(27)44(25-9-3-1-4-10-25)26-11-5-2-6-12-26/h1-17,39,41H,18-20H2. The monoisotopic (exact) mass is 630 g/mol. The summed E-state index contributed by atoms with van der Waals surface area (Å²) in [7, 11) is -1.18. The molecule has 0 aromatic heterocycles. The zero-order chi connectivity index (χ0) is 31.5. The second-order valence-corrected chi connectivity index (χ2v) is 12.2. The Bertz CT molecular complexity index is 1580. The molecular formula is C31H25F6N4O2P. The molecule has 4 aromatic carbocycles. The Kier molecular flexibility index (Phi) is 9.17. The normalized spacial score (nSPS) is 14.8. The molecule has 228 valence electrons. The average Bonchev–Trinajstić information content (AvgIpc) is 3.43. The number of carbonyl (C=O) groups excluding carboxylic acids is 1.